The molecule has 3 rings (SSSR count). The molecule has 0 aliphatic carbocycles. The number of aromatic nitrogens is 4. The molecule has 106 valence electrons. The topological polar surface area (TPSA) is 114 Å². The number of aromatic amines is 1. The molecule has 0 unspecified atom stereocenters. The Morgan fingerprint density at radius 1 is 1.33 bits per heavy atom. The summed E-state index contributed by atoms with van der Waals surface area (Å²) in [6.45, 7) is 0. The highest BCUT2D eigenvalue weighted by molar-refractivity contribution is 5.91. The standard InChI is InChI=1S/C13H10N4O4/c1-20-8-4-2-7(3-5-8)11-16-12(21-17-11)9-10(13(18)19)15-6-14-9/h2-6H,1H3,(H,14,15)(H,18,19). The largest absolute Gasteiger partial charge is 0.497 e. The Labute approximate surface area is 118 Å². The van der Waals surface area contributed by atoms with Gasteiger partial charge in [-0.1, -0.05) is 5.16 Å². The van der Waals surface area contributed by atoms with E-state index in [1.165, 1.54) is 6.33 Å². The Hall–Kier alpha value is -3.16. The van der Waals surface area contributed by atoms with E-state index in [1.54, 1.807) is 31.4 Å². The van der Waals surface area contributed by atoms with Gasteiger partial charge in [-0.15, -0.1) is 0 Å². The summed E-state index contributed by atoms with van der Waals surface area (Å²) in [5.41, 5.74) is 0.733. The second-order valence-corrected chi connectivity index (χ2v) is 4.08. The molecule has 0 saturated heterocycles. The van der Waals surface area contributed by atoms with Crippen molar-refractivity contribution in [3.8, 4) is 28.7 Å². The normalized spacial score (nSPS) is 10.5. The molecule has 2 aromatic heterocycles. The number of carboxylic acid groups (broad SMARTS) is 1. The molecule has 0 bridgehead atoms. The highest BCUT2D eigenvalue weighted by Crippen LogP contribution is 2.24. The first kappa shape index (κ1) is 12.9. The Bertz CT molecular complexity index is 776. The zero-order valence-electron chi connectivity index (χ0n) is 10.9. The van der Waals surface area contributed by atoms with Gasteiger partial charge in [0.15, 0.2) is 5.69 Å². The number of aromatic carboxylic acids is 1. The SMILES string of the molecule is COc1ccc(-c2noc(-c3[nH]cnc3C(=O)O)n2)cc1. The third-order valence-electron chi connectivity index (χ3n) is 2.83. The first-order valence-electron chi connectivity index (χ1n) is 5.94. The van der Waals surface area contributed by atoms with Crippen molar-refractivity contribution in [1.82, 2.24) is 20.1 Å². The number of benzene rings is 1. The average Bonchev–Trinajstić information content (AvgIpc) is 3.16. The number of carbonyl (C=O) groups is 1. The van der Waals surface area contributed by atoms with Crippen LogP contribution < -0.4 is 4.74 Å². The molecule has 8 heteroatoms. The lowest BCUT2D eigenvalue weighted by Crippen LogP contribution is -1.99. The van der Waals surface area contributed by atoms with Crippen LogP contribution in [0.2, 0.25) is 0 Å². The minimum atomic E-state index is -1.17. The van der Waals surface area contributed by atoms with Crippen molar-refractivity contribution in [2.75, 3.05) is 7.11 Å². The van der Waals surface area contributed by atoms with Crippen molar-refractivity contribution in [3.05, 3.63) is 36.3 Å². The Balaban J connectivity index is 1.95. The van der Waals surface area contributed by atoms with Gasteiger partial charge in [0.2, 0.25) is 5.82 Å². The van der Waals surface area contributed by atoms with E-state index in [-0.39, 0.29) is 17.3 Å². The molecule has 0 fully saturated rings. The minimum absolute atomic E-state index is 0.0655. The molecule has 8 nitrogen and oxygen atoms in total. The van der Waals surface area contributed by atoms with E-state index < -0.39 is 5.97 Å². The van der Waals surface area contributed by atoms with Crippen LogP contribution in [0.25, 0.3) is 23.0 Å². The summed E-state index contributed by atoms with van der Waals surface area (Å²) in [6, 6.07) is 7.09. The number of nitrogens with zero attached hydrogens (tertiary/aromatic N) is 3. The summed E-state index contributed by atoms with van der Waals surface area (Å²) in [5, 5.41) is 12.8. The van der Waals surface area contributed by atoms with Gasteiger partial charge in [0.25, 0.3) is 5.89 Å². The number of nitrogens with one attached hydrogen (secondary N) is 1. The van der Waals surface area contributed by atoms with Crippen LogP contribution in [0.4, 0.5) is 0 Å². The summed E-state index contributed by atoms with van der Waals surface area (Å²) in [7, 11) is 1.58. The molecular weight excluding hydrogens is 276 g/mol. The highest BCUT2D eigenvalue weighted by atomic mass is 16.5. The molecule has 21 heavy (non-hydrogen) atoms. The van der Waals surface area contributed by atoms with E-state index >= 15 is 0 Å². The zero-order valence-corrected chi connectivity index (χ0v) is 10.9. The second kappa shape index (κ2) is 5.08. The van der Waals surface area contributed by atoms with Crippen LogP contribution in [-0.4, -0.2) is 38.3 Å². The van der Waals surface area contributed by atoms with Crippen molar-refractivity contribution in [2.24, 2.45) is 0 Å². The first-order chi connectivity index (χ1) is 10.2. The fraction of sp³-hybridized carbons (Fsp3) is 0.0769. The van der Waals surface area contributed by atoms with Gasteiger partial charge >= 0.3 is 5.97 Å². The van der Waals surface area contributed by atoms with Gasteiger partial charge in [-0.2, -0.15) is 4.98 Å². The number of hydrogen-bond acceptors (Lipinski definition) is 6. The maximum absolute atomic E-state index is 11.0. The smallest absolute Gasteiger partial charge is 0.356 e. The second-order valence-electron chi connectivity index (χ2n) is 4.08. The van der Waals surface area contributed by atoms with E-state index in [2.05, 4.69) is 20.1 Å². The number of ether oxygens (including phenoxy) is 1. The maximum Gasteiger partial charge on any atom is 0.356 e. The monoisotopic (exact) mass is 286 g/mol. The fourth-order valence-electron chi connectivity index (χ4n) is 1.80. The van der Waals surface area contributed by atoms with Gasteiger partial charge in [0.1, 0.15) is 11.4 Å². The van der Waals surface area contributed by atoms with Crippen LogP contribution in [-0.2, 0) is 0 Å². The number of imidazole rings is 1. The van der Waals surface area contributed by atoms with E-state index in [0.717, 1.165) is 5.56 Å². The van der Waals surface area contributed by atoms with Crippen molar-refractivity contribution in [1.29, 1.82) is 0 Å². The third kappa shape index (κ3) is 2.34. The van der Waals surface area contributed by atoms with Gasteiger partial charge in [0.05, 0.1) is 13.4 Å². The molecule has 0 aliphatic heterocycles. The molecule has 2 heterocycles. The lowest BCUT2D eigenvalue weighted by atomic mass is 10.2. The third-order valence-corrected chi connectivity index (χ3v) is 2.83. The van der Waals surface area contributed by atoms with Crippen molar-refractivity contribution >= 4 is 5.97 Å². The van der Waals surface area contributed by atoms with Crippen LogP contribution in [0.3, 0.4) is 0 Å². The number of H-pyrrole nitrogens is 1. The van der Waals surface area contributed by atoms with Gasteiger partial charge < -0.3 is 19.4 Å². The number of rotatable bonds is 4. The van der Waals surface area contributed by atoms with Crippen molar-refractivity contribution in [3.63, 3.8) is 0 Å². The number of carboxylic acids is 1. The van der Waals surface area contributed by atoms with Crippen LogP contribution in [0.5, 0.6) is 5.75 Å². The maximum atomic E-state index is 11.0. The molecule has 0 saturated carbocycles. The molecule has 0 spiro atoms. The van der Waals surface area contributed by atoms with E-state index in [9.17, 15) is 4.79 Å². The summed E-state index contributed by atoms with van der Waals surface area (Å²) in [5.74, 6) is -0.0473. The number of hydrogen-bond donors (Lipinski definition) is 2. The highest BCUT2D eigenvalue weighted by Gasteiger charge is 2.20. The van der Waals surface area contributed by atoms with Crippen LogP contribution in [0.15, 0.2) is 35.1 Å². The van der Waals surface area contributed by atoms with Crippen LogP contribution in [0, 0.1) is 0 Å². The predicted octanol–water partition coefficient (Wildman–Crippen LogP) is 1.83. The van der Waals surface area contributed by atoms with Gasteiger partial charge in [-0.05, 0) is 24.3 Å². The molecule has 0 amide bonds. The molecule has 0 atom stereocenters. The number of methoxy groups -OCH3 is 1. The van der Waals surface area contributed by atoms with Crippen LogP contribution in [0.1, 0.15) is 10.5 Å². The fourth-order valence-corrected chi connectivity index (χ4v) is 1.80. The molecular formula is C13H10N4O4. The van der Waals surface area contributed by atoms with E-state index in [1.807, 2.05) is 0 Å². The first-order valence-corrected chi connectivity index (χ1v) is 5.94. The van der Waals surface area contributed by atoms with Gasteiger partial charge in [0, 0.05) is 5.56 Å². The minimum Gasteiger partial charge on any atom is -0.497 e. The van der Waals surface area contributed by atoms with Crippen molar-refractivity contribution in [2.45, 2.75) is 0 Å². The van der Waals surface area contributed by atoms with Crippen molar-refractivity contribution < 1.29 is 19.2 Å². The lowest BCUT2D eigenvalue weighted by Gasteiger charge is -1.98. The molecule has 0 radical (unpaired) electrons. The van der Waals surface area contributed by atoms with E-state index in [4.69, 9.17) is 14.4 Å². The zero-order chi connectivity index (χ0) is 14.8. The van der Waals surface area contributed by atoms with Gasteiger partial charge in [-0.3, -0.25) is 0 Å². The summed E-state index contributed by atoms with van der Waals surface area (Å²) in [4.78, 5) is 21.6. The quantitative estimate of drug-likeness (QED) is 0.751. The van der Waals surface area contributed by atoms with Gasteiger partial charge in [-0.25, -0.2) is 9.78 Å². The molecule has 0 aliphatic rings. The Morgan fingerprint density at radius 3 is 2.76 bits per heavy atom. The molecule has 2 N–H and O–H groups in total. The summed E-state index contributed by atoms with van der Waals surface area (Å²) >= 11 is 0. The molecule has 1 aromatic carbocycles. The Morgan fingerprint density at radius 2 is 2.10 bits per heavy atom. The predicted molar refractivity (Wildman–Crippen MR) is 70.8 cm³/mol. The summed E-state index contributed by atoms with van der Waals surface area (Å²) < 4.78 is 10.2. The average molecular weight is 286 g/mol. The van der Waals surface area contributed by atoms with Crippen LogP contribution >= 0.6 is 0 Å². The summed E-state index contributed by atoms with van der Waals surface area (Å²) in [6.07, 6.45) is 1.26. The lowest BCUT2D eigenvalue weighted by molar-refractivity contribution is 0.0691. The Kier molecular flexibility index (Phi) is 3.11. The molecule has 3 aromatic rings. The van der Waals surface area contributed by atoms with E-state index in [0.29, 0.717) is 11.6 Å².